The highest BCUT2D eigenvalue weighted by molar-refractivity contribution is 5.60. The van der Waals surface area contributed by atoms with E-state index in [4.69, 9.17) is 0 Å². The van der Waals surface area contributed by atoms with E-state index in [2.05, 4.69) is 63.7 Å². The molecular formula is C16H20N4. The predicted molar refractivity (Wildman–Crippen MR) is 81.9 cm³/mol. The molecule has 0 unspecified atom stereocenters. The van der Waals surface area contributed by atoms with E-state index < -0.39 is 0 Å². The third-order valence-corrected chi connectivity index (χ3v) is 3.63. The topological polar surface area (TPSA) is 41.0 Å². The molecule has 0 saturated carbocycles. The molecule has 1 aromatic carbocycles. The van der Waals surface area contributed by atoms with Crippen molar-refractivity contribution in [2.45, 2.75) is 13.3 Å². The molecule has 1 aliphatic heterocycles. The maximum absolute atomic E-state index is 4.40. The number of benzene rings is 1. The number of nitrogens with one attached hydrogen (secondary N) is 1. The fourth-order valence-electron chi connectivity index (χ4n) is 2.53. The molecule has 0 bridgehead atoms. The van der Waals surface area contributed by atoms with Crippen LogP contribution in [0, 0.1) is 6.92 Å². The highest BCUT2D eigenvalue weighted by Gasteiger charge is 2.11. The van der Waals surface area contributed by atoms with Gasteiger partial charge in [0.1, 0.15) is 0 Å². The van der Waals surface area contributed by atoms with Gasteiger partial charge in [-0.2, -0.15) is 0 Å². The monoisotopic (exact) mass is 268 g/mol. The summed E-state index contributed by atoms with van der Waals surface area (Å²) in [6.07, 6.45) is 1.15. The van der Waals surface area contributed by atoms with Gasteiger partial charge in [-0.25, -0.2) is 0 Å². The quantitative estimate of drug-likeness (QED) is 0.907. The van der Waals surface area contributed by atoms with Crippen LogP contribution in [-0.2, 0) is 0 Å². The average molecular weight is 268 g/mol. The van der Waals surface area contributed by atoms with Crippen LogP contribution in [0.1, 0.15) is 12.0 Å². The van der Waals surface area contributed by atoms with Crippen LogP contribution in [0.2, 0.25) is 0 Å². The summed E-state index contributed by atoms with van der Waals surface area (Å²) >= 11 is 0. The Bertz CT molecular complexity index is 557. The van der Waals surface area contributed by atoms with Crippen molar-refractivity contribution in [3.8, 4) is 11.3 Å². The van der Waals surface area contributed by atoms with Crippen LogP contribution in [0.5, 0.6) is 0 Å². The Labute approximate surface area is 119 Å². The molecule has 1 aliphatic rings. The van der Waals surface area contributed by atoms with E-state index in [9.17, 15) is 0 Å². The van der Waals surface area contributed by atoms with Gasteiger partial charge in [0.2, 0.25) is 0 Å². The zero-order chi connectivity index (χ0) is 13.8. The molecule has 2 heterocycles. The molecule has 1 fully saturated rings. The van der Waals surface area contributed by atoms with Gasteiger partial charge in [-0.3, -0.25) is 0 Å². The Kier molecular flexibility index (Phi) is 3.92. The summed E-state index contributed by atoms with van der Waals surface area (Å²) in [4.78, 5) is 2.30. The Morgan fingerprint density at radius 2 is 2.00 bits per heavy atom. The van der Waals surface area contributed by atoms with Gasteiger partial charge >= 0.3 is 0 Å². The van der Waals surface area contributed by atoms with Crippen molar-refractivity contribution in [3.63, 3.8) is 0 Å². The summed E-state index contributed by atoms with van der Waals surface area (Å²) in [5, 5.41) is 12.2. The lowest BCUT2D eigenvalue weighted by Crippen LogP contribution is -2.28. The van der Waals surface area contributed by atoms with Crippen LogP contribution in [0.4, 0.5) is 5.82 Å². The molecule has 2 aromatic rings. The Morgan fingerprint density at radius 1 is 1.05 bits per heavy atom. The van der Waals surface area contributed by atoms with E-state index in [0.29, 0.717) is 0 Å². The summed E-state index contributed by atoms with van der Waals surface area (Å²) in [5.41, 5.74) is 3.30. The summed E-state index contributed by atoms with van der Waals surface area (Å²) in [6, 6.07) is 12.5. The minimum absolute atomic E-state index is 0.936. The number of nitrogens with zero attached hydrogens (tertiary/aromatic N) is 3. The lowest BCUT2D eigenvalue weighted by Gasteiger charge is -2.20. The molecule has 0 amide bonds. The second-order valence-corrected chi connectivity index (χ2v) is 5.24. The van der Waals surface area contributed by atoms with E-state index in [0.717, 1.165) is 49.7 Å². The van der Waals surface area contributed by atoms with Crippen molar-refractivity contribution in [1.29, 1.82) is 0 Å². The van der Waals surface area contributed by atoms with Gasteiger partial charge in [-0.05, 0) is 38.1 Å². The average Bonchev–Trinajstić information content (AvgIpc) is 2.76. The number of aryl methyl sites for hydroxylation is 1. The Morgan fingerprint density at radius 3 is 2.80 bits per heavy atom. The zero-order valence-electron chi connectivity index (χ0n) is 11.8. The van der Waals surface area contributed by atoms with Crippen LogP contribution < -0.4 is 10.2 Å². The van der Waals surface area contributed by atoms with Gasteiger partial charge < -0.3 is 10.2 Å². The van der Waals surface area contributed by atoms with Crippen molar-refractivity contribution >= 4 is 5.82 Å². The van der Waals surface area contributed by atoms with E-state index in [1.807, 2.05) is 0 Å². The molecule has 0 aliphatic carbocycles. The number of anilines is 1. The van der Waals surface area contributed by atoms with E-state index in [1.54, 1.807) is 0 Å². The van der Waals surface area contributed by atoms with Gasteiger partial charge in [-0.15, -0.1) is 10.2 Å². The van der Waals surface area contributed by atoms with Crippen LogP contribution in [0.25, 0.3) is 11.3 Å². The zero-order valence-corrected chi connectivity index (χ0v) is 11.8. The molecule has 4 heteroatoms. The highest BCUT2D eigenvalue weighted by Crippen LogP contribution is 2.19. The van der Waals surface area contributed by atoms with Crippen molar-refractivity contribution in [2.24, 2.45) is 0 Å². The van der Waals surface area contributed by atoms with Gasteiger partial charge in [0, 0.05) is 25.2 Å². The minimum atomic E-state index is 0.936. The maximum atomic E-state index is 4.40. The standard InChI is InChI=1S/C16H20N4/c1-13-4-2-5-14(12-13)15-6-7-16(19-18-15)20-10-3-8-17-9-11-20/h2,4-7,12,17H,3,8-11H2,1H3. The van der Waals surface area contributed by atoms with Gasteiger partial charge in [0.15, 0.2) is 5.82 Å². The van der Waals surface area contributed by atoms with E-state index >= 15 is 0 Å². The second-order valence-electron chi connectivity index (χ2n) is 5.24. The minimum Gasteiger partial charge on any atom is -0.354 e. The van der Waals surface area contributed by atoms with Crippen molar-refractivity contribution in [1.82, 2.24) is 15.5 Å². The summed E-state index contributed by atoms with van der Waals surface area (Å²) in [6.45, 7) is 6.24. The van der Waals surface area contributed by atoms with Gasteiger partial charge in [0.25, 0.3) is 0 Å². The van der Waals surface area contributed by atoms with Crippen molar-refractivity contribution < 1.29 is 0 Å². The molecule has 1 N–H and O–H groups in total. The molecule has 4 nitrogen and oxygen atoms in total. The third kappa shape index (κ3) is 2.96. The summed E-state index contributed by atoms with van der Waals surface area (Å²) < 4.78 is 0. The van der Waals surface area contributed by atoms with Crippen LogP contribution >= 0.6 is 0 Å². The normalized spacial score (nSPS) is 15.9. The molecule has 0 atom stereocenters. The molecule has 0 radical (unpaired) electrons. The predicted octanol–water partition coefficient (Wildman–Crippen LogP) is 2.25. The summed E-state index contributed by atoms with van der Waals surface area (Å²) in [7, 11) is 0. The number of rotatable bonds is 2. The largest absolute Gasteiger partial charge is 0.354 e. The second kappa shape index (κ2) is 6.01. The number of hydrogen-bond donors (Lipinski definition) is 1. The number of hydrogen-bond acceptors (Lipinski definition) is 4. The molecule has 0 spiro atoms. The SMILES string of the molecule is Cc1cccc(-c2ccc(N3CCCNCC3)nn2)c1. The van der Waals surface area contributed by atoms with Crippen LogP contribution in [0.15, 0.2) is 36.4 Å². The Hall–Kier alpha value is -1.94. The molecule has 1 aromatic heterocycles. The maximum Gasteiger partial charge on any atom is 0.151 e. The summed E-state index contributed by atoms with van der Waals surface area (Å²) in [5.74, 6) is 0.977. The molecule has 104 valence electrons. The van der Waals surface area contributed by atoms with Gasteiger partial charge in [0.05, 0.1) is 5.69 Å². The van der Waals surface area contributed by atoms with Crippen LogP contribution in [0.3, 0.4) is 0 Å². The molecular weight excluding hydrogens is 248 g/mol. The highest BCUT2D eigenvalue weighted by atomic mass is 15.3. The third-order valence-electron chi connectivity index (χ3n) is 3.63. The smallest absolute Gasteiger partial charge is 0.151 e. The Balaban J connectivity index is 1.80. The van der Waals surface area contributed by atoms with E-state index in [1.165, 1.54) is 5.56 Å². The first-order valence-corrected chi connectivity index (χ1v) is 7.19. The fourth-order valence-corrected chi connectivity index (χ4v) is 2.53. The first kappa shape index (κ1) is 13.1. The molecule has 20 heavy (non-hydrogen) atoms. The lowest BCUT2D eigenvalue weighted by molar-refractivity contribution is 0.724. The van der Waals surface area contributed by atoms with Crippen LogP contribution in [-0.4, -0.2) is 36.4 Å². The first-order valence-electron chi connectivity index (χ1n) is 7.19. The van der Waals surface area contributed by atoms with Gasteiger partial charge in [-0.1, -0.05) is 23.8 Å². The van der Waals surface area contributed by atoms with E-state index in [-0.39, 0.29) is 0 Å². The fraction of sp³-hybridized carbons (Fsp3) is 0.375. The lowest BCUT2D eigenvalue weighted by atomic mass is 10.1. The molecule has 3 rings (SSSR count). The molecule has 1 saturated heterocycles. The first-order chi connectivity index (χ1) is 9.83. The van der Waals surface area contributed by atoms with Crippen molar-refractivity contribution in [3.05, 3.63) is 42.0 Å². The van der Waals surface area contributed by atoms with Crippen molar-refractivity contribution in [2.75, 3.05) is 31.1 Å². The number of aromatic nitrogens is 2.